The van der Waals surface area contributed by atoms with Crippen LogP contribution in [0, 0.1) is 10.1 Å². The average Bonchev–Trinajstić information content (AvgIpc) is 2.11. The van der Waals surface area contributed by atoms with Gasteiger partial charge in [-0.3, -0.25) is 24.3 Å². The molecule has 0 saturated heterocycles. The molecule has 0 bridgehead atoms. The van der Waals surface area contributed by atoms with Crippen molar-refractivity contribution < 1.29 is 14.8 Å². The number of aliphatic carboxylic acids is 1. The second-order valence-corrected chi connectivity index (χ2v) is 3.48. The van der Waals surface area contributed by atoms with Crippen LogP contribution in [0.15, 0.2) is 21.5 Å². The van der Waals surface area contributed by atoms with E-state index in [1.54, 1.807) is 0 Å². The third-order valence-corrected chi connectivity index (χ3v) is 2.11. The van der Waals surface area contributed by atoms with Crippen LogP contribution in [0.5, 0.6) is 0 Å². The number of nitro groups is 1. The zero-order valence-corrected chi connectivity index (χ0v) is 8.80. The smallest absolute Gasteiger partial charge is 0.323 e. The van der Waals surface area contributed by atoms with Gasteiger partial charge < -0.3 is 5.11 Å². The molecule has 1 N–H and O–H groups in total. The molecule has 0 radical (unpaired) electrons. The molecule has 7 nitrogen and oxygen atoms in total. The van der Waals surface area contributed by atoms with Crippen LogP contribution in [0.1, 0.15) is 0 Å². The molecule has 0 unspecified atom stereocenters. The highest BCUT2D eigenvalue weighted by atomic mass is 79.9. The van der Waals surface area contributed by atoms with Crippen LogP contribution in [-0.2, 0) is 11.3 Å². The number of rotatable bonds is 3. The van der Waals surface area contributed by atoms with Crippen molar-refractivity contribution in [3.63, 3.8) is 0 Å². The molecule has 0 aliphatic carbocycles. The van der Waals surface area contributed by atoms with Crippen LogP contribution in [0.3, 0.4) is 0 Å². The second-order valence-electron chi connectivity index (χ2n) is 2.63. The molecule has 1 aromatic heterocycles. The van der Waals surface area contributed by atoms with E-state index in [0.717, 1.165) is 16.8 Å². The van der Waals surface area contributed by atoms with Crippen molar-refractivity contribution in [1.29, 1.82) is 0 Å². The highest BCUT2D eigenvalue weighted by Gasteiger charge is 2.13. The average molecular weight is 277 g/mol. The largest absolute Gasteiger partial charge is 0.480 e. The first-order chi connectivity index (χ1) is 6.91. The van der Waals surface area contributed by atoms with Gasteiger partial charge in [0.1, 0.15) is 6.54 Å². The van der Waals surface area contributed by atoms with Crippen LogP contribution in [0.4, 0.5) is 5.69 Å². The van der Waals surface area contributed by atoms with Crippen molar-refractivity contribution in [2.75, 3.05) is 0 Å². The normalized spacial score (nSPS) is 9.93. The van der Waals surface area contributed by atoms with E-state index in [-0.39, 0.29) is 10.2 Å². The summed E-state index contributed by atoms with van der Waals surface area (Å²) in [6.45, 7) is -0.612. The Hall–Kier alpha value is -1.70. The lowest BCUT2D eigenvalue weighted by molar-refractivity contribution is -0.385. The summed E-state index contributed by atoms with van der Waals surface area (Å²) in [7, 11) is 0. The van der Waals surface area contributed by atoms with Gasteiger partial charge in [0.2, 0.25) is 0 Å². The summed E-state index contributed by atoms with van der Waals surface area (Å²) >= 11 is 2.82. The molecule has 0 amide bonds. The van der Waals surface area contributed by atoms with Crippen molar-refractivity contribution in [2.24, 2.45) is 0 Å². The van der Waals surface area contributed by atoms with Gasteiger partial charge in [-0.25, -0.2) is 0 Å². The fraction of sp³-hybridized carbons (Fsp3) is 0.143. The second kappa shape index (κ2) is 4.22. The molecule has 1 aromatic rings. The Balaban J connectivity index is 3.31. The fourth-order valence-corrected chi connectivity index (χ4v) is 1.41. The van der Waals surface area contributed by atoms with Crippen molar-refractivity contribution in [1.82, 2.24) is 4.57 Å². The van der Waals surface area contributed by atoms with Gasteiger partial charge in [-0.1, -0.05) is 0 Å². The van der Waals surface area contributed by atoms with E-state index in [1.807, 2.05) is 0 Å². The van der Waals surface area contributed by atoms with E-state index in [0.29, 0.717) is 0 Å². The molecule has 0 fully saturated rings. The molecule has 0 spiro atoms. The van der Waals surface area contributed by atoms with E-state index in [9.17, 15) is 19.7 Å². The van der Waals surface area contributed by atoms with Gasteiger partial charge in [0.15, 0.2) is 0 Å². The minimum atomic E-state index is -1.25. The van der Waals surface area contributed by atoms with E-state index >= 15 is 0 Å². The molecule has 0 aliphatic rings. The lowest BCUT2D eigenvalue weighted by Gasteiger charge is -2.02. The first-order valence-corrected chi connectivity index (χ1v) is 4.47. The van der Waals surface area contributed by atoms with Gasteiger partial charge in [-0.05, 0) is 15.9 Å². The highest BCUT2D eigenvalue weighted by Crippen LogP contribution is 2.13. The maximum absolute atomic E-state index is 11.3. The Morgan fingerprint density at radius 1 is 1.67 bits per heavy atom. The third-order valence-electron chi connectivity index (χ3n) is 1.54. The number of carboxylic acids is 1. The van der Waals surface area contributed by atoms with Crippen LogP contribution < -0.4 is 5.56 Å². The number of aromatic nitrogens is 1. The molecule has 0 aromatic carbocycles. The Morgan fingerprint density at radius 2 is 2.27 bits per heavy atom. The Bertz CT molecular complexity index is 481. The molecule has 0 aliphatic heterocycles. The standard InChI is InChI=1S/C7H5BrN2O5/c8-5-1-4(10(14)15)2-9(7(5)13)3-6(11)12/h1-2H,3H2,(H,11,12). The minimum absolute atomic E-state index is 0.0436. The summed E-state index contributed by atoms with van der Waals surface area (Å²) in [6.07, 6.45) is 0.890. The zero-order valence-electron chi connectivity index (χ0n) is 7.21. The summed E-state index contributed by atoms with van der Waals surface area (Å²) in [5.41, 5.74) is -0.967. The van der Waals surface area contributed by atoms with Crippen molar-refractivity contribution >= 4 is 27.6 Å². The molecule has 80 valence electrons. The van der Waals surface area contributed by atoms with Crippen LogP contribution in [-0.4, -0.2) is 20.6 Å². The Kier molecular flexibility index (Phi) is 3.20. The van der Waals surface area contributed by atoms with Crippen LogP contribution >= 0.6 is 15.9 Å². The first-order valence-electron chi connectivity index (χ1n) is 3.68. The number of hydrogen-bond acceptors (Lipinski definition) is 4. The van der Waals surface area contributed by atoms with Gasteiger partial charge >= 0.3 is 5.97 Å². The topological polar surface area (TPSA) is 102 Å². The van der Waals surface area contributed by atoms with Crippen molar-refractivity contribution in [3.8, 4) is 0 Å². The highest BCUT2D eigenvalue weighted by molar-refractivity contribution is 9.10. The summed E-state index contributed by atoms with van der Waals surface area (Å²) in [4.78, 5) is 31.4. The van der Waals surface area contributed by atoms with Gasteiger partial charge in [-0.15, -0.1) is 0 Å². The molecular weight excluding hydrogens is 272 g/mol. The molecule has 0 saturated carbocycles. The van der Waals surface area contributed by atoms with Gasteiger partial charge in [0.25, 0.3) is 11.2 Å². The van der Waals surface area contributed by atoms with Crippen LogP contribution in [0.2, 0.25) is 0 Å². The van der Waals surface area contributed by atoms with Gasteiger partial charge in [-0.2, -0.15) is 0 Å². The number of nitrogens with zero attached hydrogens (tertiary/aromatic N) is 2. The zero-order chi connectivity index (χ0) is 11.6. The molecule has 1 heterocycles. The van der Waals surface area contributed by atoms with Gasteiger partial charge in [0, 0.05) is 6.07 Å². The summed E-state index contributed by atoms with van der Waals surface area (Å²) in [5, 5.41) is 18.9. The number of carbonyl (C=O) groups is 1. The maximum atomic E-state index is 11.3. The molecule has 1 rings (SSSR count). The summed E-state index contributed by atoms with van der Waals surface area (Å²) in [6, 6.07) is 1.03. The van der Waals surface area contributed by atoms with Gasteiger partial charge in [0.05, 0.1) is 15.6 Å². The number of hydrogen-bond donors (Lipinski definition) is 1. The van der Waals surface area contributed by atoms with Crippen LogP contribution in [0.25, 0.3) is 0 Å². The quantitative estimate of drug-likeness (QED) is 0.643. The molecule has 8 heteroatoms. The predicted octanol–water partition coefficient (Wildman–Crippen LogP) is 0.604. The van der Waals surface area contributed by atoms with E-state index < -0.39 is 23.0 Å². The van der Waals surface area contributed by atoms with Crippen molar-refractivity contribution in [3.05, 3.63) is 37.2 Å². The molecule has 0 atom stereocenters. The van der Waals surface area contributed by atoms with E-state index in [2.05, 4.69) is 15.9 Å². The van der Waals surface area contributed by atoms with E-state index in [4.69, 9.17) is 5.11 Å². The molecular formula is C7H5BrN2O5. The SMILES string of the molecule is O=C(O)Cn1cc([N+](=O)[O-])cc(Br)c1=O. The molecule has 15 heavy (non-hydrogen) atoms. The fourth-order valence-electron chi connectivity index (χ4n) is 0.947. The van der Waals surface area contributed by atoms with E-state index in [1.165, 1.54) is 0 Å². The third kappa shape index (κ3) is 2.62. The summed E-state index contributed by atoms with van der Waals surface area (Å²) < 4.78 is 0.711. The first kappa shape index (κ1) is 11.4. The number of halogens is 1. The predicted molar refractivity (Wildman–Crippen MR) is 52.7 cm³/mol. The summed E-state index contributed by atoms with van der Waals surface area (Å²) in [5.74, 6) is -1.25. The number of carboxylic acid groups (broad SMARTS) is 1. The number of pyridine rings is 1. The Morgan fingerprint density at radius 3 is 2.73 bits per heavy atom. The minimum Gasteiger partial charge on any atom is -0.480 e. The lowest BCUT2D eigenvalue weighted by atomic mass is 10.4. The Labute approximate surface area is 91.2 Å². The van der Waals surface area contributed by atoms with Crippen molar-refractivity contribution in [2.45, 2.75) is 6.54 Å². The lowest BCUT2D eigenvalue weighted by Crippen LogP contribution is -2.24. The maximum Gasteiger partial charge on any atom is 0.323 e. The monoisotopic (exact) mass is 276 g/mol.